The lowest BCUT2D eigenvalue weighted by Gasteiger charge is -2.09. The minimum atomic E-state index is -0.640. The van der Waals surface area contributed by atoms with Crippen molar-refractivity contribution in [3.8, 4) is 0 Å². The Morgan fingerprint density at radius 2 is 1.96 bits per heavy atom. The summed E-state index contributed by atoms with van der Waals surface area (Å²) in [5.74, 6) is -0.622. The molecule has 0 radical (unpaired) electrons. The first-order valence-electron chi connectivity index (χ1n) is 7.17. The molecular weight excluding hydrogens is 314 g/mol. The summed E-state index contributed by atoms with van der Waals surface area (Å²) in [6.45, 7) is 5.49. The average Bonchev–Trinajstić information content (AvgIpc) is 2.84. The van der Waals surface area contributed by atoms with E-state index in [0.717, 1.165) is 11.5 Å². The first-order chi connectivity index (χ1) is 10.9. The van der Waals surface area contributed by atoms with Crippen LogP contribution in [0.25, 0.3) is 0 Å². The van der Waals surface area contributed by atoms with Gasteiger partial charge in [0.1, 0.15) is 10.6 Å². The van der Waals surface area contributed by atoms with Gasteiger partial charge in [-0.3, -0.25) is 4.79 Å². The Kier molecular flexibility index (Phi) is 5.33. The highest BCUT2D eigenvalue weighted by Crippen LogP contribution is 2.21. The summed E-state index contributed by atoms with van der Waals surface area (Å²) in [6, 6.07) is 7.54. The number of nitrogens with one attached hydrogen (secondary N) is 1. The van der Waals surface area contributed by atoms with Crippen LogP contribution in [0.3, 0.4) is 0 Å². The molecule has 0 bridgehead atoms. The van der Waals surface area contributed by atoms with Crippen molar-refractivity contribution in [1.82, 2.24) is 4.37 Å². The monoisotopic (exact) mass is 333 g/mol. The Morgan fingerprint density at radius 1 is 1.30 bits per heavy atom. The van der Waals surface area contributed by atoms with E-state index in [9.17, 15) is 9.59 Å². The molecule has 6 nitrogen and oxygen atoms in total. The van der Waals surface area contributed by atoms with Crippen molar-refractivity contribution in [3.63, 3.8) is 0 Å². The Balaban J connectivity index is 1.89. The quantitative estimate of drug-likeness (QED) is 0.820. The molecule has 23 heavy (non-hydrogen) atoms. The summed E-state index contributed by atoms with van der Waals surface area (Å²) in [4.78, 5) is 23.8. The van der Waals surface area contributed by atoms with Crippen LogP contribution in [-0.4, -0.2) is 22.9 Å². The van der Waals surface area contributed by atoms with E-state index in [2.05, 4.69) is 23.5 Å². The van der Waals surface area contributed by atoms with Gasteiger partial charge in [-0.25, -0.2) is 4.79 Å². The summed E-state index contributed by atoms with van der Waals surface area (Å²) in [5, 5.41) is 2.97. The highest BCUT2D eigenvalue weighted by atomic mass is 32.1. The predicted octanol–water partition coefficient (Wildman–Crippen LogP) is 2.95. The molecule has 0 saturated heterocycles. The van der Waals surface area contributed by atoms with Crippen LogP contribution in [0.4, 0.5) is 10.7 Å². The SMILES string of the molecule is Cc1nsc(N)c1C(=O)OCC(=O)Nc1ccc(C(C)C)cc1. The maximum absolute atomic E-state index is 11.9. The molecule has 1 aromatic heterocycles. The number of ether oxygens (including phenoxy) is 1. The molecule has 7 heteroatoms. The highest BCUT2D eigenvalue weighted by Gasteiger charge is 2.19. The number of carbonyl (C=O) groups is 2. The number of rotatable bonds is 5. The molecule has 1 amide bonds. The topological polar surface area (TPSA) is 94.3 Å². The van der Waals surface area contributed by atoms with E-state index >= 15 is 0 Å². The number of esters is 1. The van der Waals surface area contributed by atoms with Crippen LogP contribution in [-0.2, 0) is 9.53 Å². The van der Waals surface area contributed by atoms with Crippen molar-refractivity contribution in [1.29, 1.82) is 0 Å². The summed E-state index contributed by atoms with van der Waals surface area (Å²) in [5.41, 5.74) is 8.23. The Morgan fingerprint density at radius 3 is 2.48 bits per heavy atom. The van der Waals surface area contributed by atoms with Crippen LogP contribution in [0.2, 0.25) is 0 Å². The Bertz CT molecular complexity index is 688. The lowest BCUT2D eigenvalue weighted by Crippen LogP contribution is -2.21. The van der Waals surface area contributed by atoms with Crippen molar-refractivity contribution in [2.24, 2.45) is 0 Å². The van der Waals surface area contributed by atoms with E-state index in [1.807, 2.05) is 24.3 Å². The van der Waals surface area contributed by atoms with Gasteiger partial charge in [-0.05, 0) is 42.1 Å². The van der Waals surface area contributed by atoms with E-state index in [1.54, 1.807) is 6.92 Å². The zero-order valence-corrected chi connectivity index (χ0v) is 14.1. The van der Waals surface area contributed by atoms with Gasteiger partial charge in [-0.15, -0.1) is 0 Å². The number of benzene rings is 1. The molecule has 2 aromatic rings. The van der Waals surface area contributed by atoms with Gasteiger partial charge >= 0.3 is 5.97 Å². The van der Waals surface area contributed by atoms with E-state index in [1.165, 1.54) is 5.56 Å². The maximum atomic E-state index is 11.9. The van der Waals surface area contributed by atoms with Crippen LogP contribution in [0.15, 0.2) is 24.3 Å². The number of nitrogens with zero attached hydrogens (tertiary/aromatic N) is 1. The fraction of sp³-hybridized carbons (Fsp3) is 0.312. The smallest absolute Gasteiger partial charge is 0.343 e. The highest BCUT2D eigenvalue weighted by molar-refractivity contribution is 7.10. The van der Waals surface area contributed by atoms with Crippen molar-refractivity contribution in [3.05, 3.63) is 41.1 Å². The molecule has 3 N–H and O–H groups in total. The molecule has 0 fully saturated rings. The minimum Gasteiger partial charge on any atom is -0.452 e. The molecule has 122 valence electrons. The molecule has 1 heterocycles. The van der Waals surface area contributed by atoms with Crippen LogP contribution < -0.4 is 11.1 Å². The fourth-order valence-electron chi connectivity index (χ4n) is 1.99. The number of nitrogens with two attached hydrogens (primary N) is 1. The number of carbonyl (C=O) groups excluding carboxylic acids is 2. The summed E-state index contributed by atoms with van der Waals surface area (Å²) in [7, 11) is 0. The number of aryl methyl sites for hydroxylation is 1. The molecular formula is C16H19N3O3S. The van der Waals surface area contributed by atoms with Gasteiger partial charge in [-0.2, -0.15) is 4.37 Å². The van der Waals surface area contributed by atoms with E-state index in [0.29, 0.717) is 17.3 Å². The van der Waals surface area contributed by atoms with E-state index in [4.69, 9.17) is 10.5 Å². The molecule has 1 aromatic carbocycles. The van der Waals surface area contributed by atoms with Crippen LogP contribution in [0.1, 0.15) is 41.4 Å². The van der Waals surface area contributed by atoms with Gasteiger partial charge in [0.25, 0.3) is 5.91 Å². The third kappa shape index (κ3) is 4.29. The molecule has 0 aliphatic carbocycles. The zero-order valence-electron chi connectivity index (χ0n) is 13.3. The second kappa shape index (κ2) is 7.23. The predicted molar refractivity (Wildman–Crippen MR) is 90.7 cm³/mol. The Hall–Kier alpha value is -2.41. The van der Waals surface area contributed by atoms with Crippen molar-refractivity contribution < 1.29 is 14.3 Å². The summed E-state index contributed by atoms with van der Waals surface area (Å²) >= 11 is 1.03. The van der Waals surface area contributed by atoms with Gasteiger partial charge < -0.3 is 15.8 Å². The third-order valence-corrected chi connectivity index (χ3v) is 4.05. The first-order valence-corrected chi connectivity index (χ1v) is 7.94. The first kappa shape index (κ1) is 17.0. The zero-order chi connectivity index (χ0) is 17.0. The number of aromatic nitrogens is 1. The molecule has 0 spiro atoms. The maximum Gasteiger partial charge on any atom is 0.343 e. The standard InChI is InChI=1S/C16H19N3O3S/c1-9(2)11-4-6-12(7-5-11)18-13(20)8-22-16(21)14-10(3)19-23-15(14)17/h4-7,9H,8,17H2,1-3H3,(H,18,20). The number of amides is 1. The van der Waals surface area contributed by atoms with Gasteiger partial charge in [0.05, 0.1) is 5.69 Å². The minimum absolute atomic E-state index is 0.226. The van der Waals surface area contributed by atoms with Gasteiger partial charge in [0.15, 0.2) is 6.61 Å². The van der Waals surface area contributed by atoms with E-state index < -0.39 is 11.9 Å². The van der Waals surface area contributed by atoms with Crippen molar-refractivity contribution in [2.75, 3.05) is 17.7 Å². The molecule has 0 atom stereocenters. The van der Waals surface area contributed by atoms with Crippen molar-refractivity contribution in [2.45, 2.75) is 26.7 Å². The van der Waals surface area contributed by atoms with Gasteiger partial charge in [0.2, 0.25) is 0 Å². The van der Waals surface area contributed by atoms with E-state index in [-0.39, 0.29) is 17.2 Å². The van der Waals surface area contributed by atoms with Crippen molar-refractivity contribution >= 4 is 34.1 Å². The van der Waals surface area contributed by atoms with Gasteiger partial charge in [0, 0.05) is 5.69 Å². The molecule has 0 unspecified atom stereocenters. The van der Waals surface area contributed by atoms with Crippen LogP contribution >= 0.6 is 11.5 Å². The second-order valence-corrected chi connectivity index (χ2v) is 6.21. The molecule has 0 aliphatic rings. The summed E-state index contributed by atoms with van der Waals surface area (Å²) < 4.78 is 8.95. The third-order valence-electron chi connectivity index (χ3n) is 3.29. The molecule has 0 saturated carbocycles. The second-order valence-electron chi connectivity index (χ2n) is 5.41. The fourth-order valence-corrected chi connectivity index (χ4v) is 2.64. The average molecular weight is 333 g/mol. The Labute approximate surface area is 138 Å². The van der Waals surface area contributed by atoms with Crippen LogP contribution in [0, 0.1) is 6.92 Å². The molecule has 0 aliphatic heterocycles. The lowest BCUT2D eigenvalue weighted by atomic mass is 10.0. The largest absolute Gasteiger partial charge is 0.452 e. The summed E-state index contributed by atoms with van der Waals surface area (Å²) in [6.07, 6.45) is 0. The molecule has 2 rings (SSSR count). The van der Waals surface area contributed by atoms with Gasteiger partial charge in [-0.1, -0.05) is 26.0 Å². The number of hydrogen-bond acceptors (Lipinski definition) is 6. The number of nitrogen functional groups attached to an aromatic ring is 1. The normalized spacial score (nSPS) is 10.6. The number of hydrogen-bond donors (Lipinski definition) is 2. The lowest BCUT2D eigenvalue weighted by molar-refractivity contribution is -0.119. The number of anilines is 2. The van der Waals surface area contributed by atoms with Crippen LogP contribution in [0.5, 0.6) is 0 Å².